The van der Waals surface area contributed by atoms with Crippen LogP contribution < -0.4 is 10.9 Å². The van der Waals surface area contributed by atoms with Crippen molar-refractivity contribution in [3.63, 3.8) is 0 Å². The molecule has 0 fully saturated rings. The zero-order valence-electron chi connectivity index (χ0n) is 14.8. The summed E-state index contributed by atoms with van der Waals surface area (Å²) in [5, 5.41) is 8.37. The lowest BCUT2D eigenvalue weighted by molar-refractivity contribution is -0.141. The van der Waals surface area contributed by atoms with Gasteiger partial charge in [0.25, 0.3) is 0 Å². The summed E-state index contributed by atoms with van der Waals surface area (Å²) in [6, 6.07) is 3.14. The highest BCUT2D eigenvalue weighted by molar-refractivity contribution is 5.93. The van der Waals surface area contributed by atoms with E-state index in [1.807, 2.05) is 27.7 Å². The minimum atomic E-state index is -0.671. The van der Waals surface area contributed by atoms with Crippen molar-refractivity contribution in [2.24, 2.45) is 11.8 Å². The predicted molar refractivity (Wildman–Crippen MR) is 90.1 cm³/mol. The Balaban J connectivity index is 0.000000561. The molecule has 1 rings (SSSR count). The Hall–Kier alpha value is -2.31. The molecule has 136 valence electrons. The largest absolute Gasteiger partial charge is 0.481 e. The van der Waals surface area contributed by atoms with Crippen molar-refractivity contribution < 1.29 is 23.9 Å². The molecule has 1 heterocycles. The second kappa shape index (κ2) is 12.2. The van der Waals surface area contributed by atoms with E-state index < -0.39 is 11.9 Å². The topological polar surface area (TPSA) is 109 Å². The predicted octanol–water partition coefficient (Wildman–Crippen LogP) is 2.98. The number of nitrogens with one attached hydrogen (secondary N) is 2. The summed E-state index contributed by atoms with van der Waals surface area (Å²) in [7, 11) is 0. The third-order valence-electron chi connectivity index (χ3n) is 3.74. The molecular formula is C17H28N2O5. The van der Waals surface area contributed by atoms with Crippen LogP contribution in [-0.2, 0) is 9.59 Å². The highest BCUT2D eigenvalue weighted by Crippen LogP contribution is 2.07. The van der Waals surface area contributed by atoms with Crippen LogP contribution in [0.4, 0.5) is 0 Å². The van der Waals surface area contributed by atoms with Gasteiger partial charge in [-0.05, 0) is 37.8 Å². The second-order valence-electron chi connectivity index (χ2n) is 5.29. The molecule has 7 heteroatoms. The number of hydrogen-bond donors (Lipinski definition) is 3. The standard InChI is InChI=1S/C11H16N2O3.C6H12O2/c1-3-8(4-2)10(14)12-13-11(15)9-6-5-7-16-9;1-3-5(4-2)6(7)8/h5-8H,3-4H2,1-2H3,(H,12,14)(H,13,15);5H,3-4H2,1-2H3,(H,7,8). The highest BCUT2D eigenvalue weighted by Gasteiger charge is 2.15. The van der Waals surface area contributed by atoms with E-state index in [9.17, 15) is 14.4 Å². The van der Waals surface area contributed by atoms with Gasteiger partial charge in [-0.2, -0.15) is 0 Å². The number of amides is 2. The first-order valence-electron chi connectivity index (χ1n) is 8.27. The van der Waals surface area contributed by atoms with E-state index in [0.29, 0.717) is 0 Å². The van der Waals surface area contributed by atoms with Crippen molar-refractivity contribution in [3.8, 4) is 0 Å². The highest BCUT2D eigenvalue weighted by atomic mass is 16.4. The van der Waals surface area contributed by atoms with Gasteiger partial charge in [0.2, 0.25) is 5.91 Å². The Bertz CT molecular complexity index is 491. The number of furan rings is 1. The Morgan fingerprint density at radius 1 is 1.00 bits per heavy atom. The summed E-state index contributed by atoms with van der Waals surface area (Å²) in [4.78, 5) is 33.1. The van der Waals surface area contributed by atoms with Crippen molar-refractivity contribution >= 4 is 17.8 Å². The van der Waals surface area contributed by atoms with Gasteiger partial charge in [-0.25, -0.2) is 0 Å². The van der Waals surface area contributed by atoms with Crippen LogP contribution in [0.1, 0.15) is 63.9 Å². The Morgan fingerprint density at radius 2 is 1.54 bits per heavy atom. The fraction of sp³-hybridized carbons (Fsp3) is 0.588. The Kier molecular flexibility index (Phi) is 11.0. The molecule has 0 saturated carbocycles. The molecular weight excluding hydrogens is 312 g/mol. The van der Waals surface area contributed by atoms with Gasteiger partial charge >= 0.3 is 11.9 Å². The van der Waals surface area contributed by atoms with Crippen molar-refractivity contribution in [3.05, 3.63) is 24.2 Å². The quantitative estimate of drug-likeness (QED) is 0.661. The van der Waals surface area contributed by atoms with Crippen LogP contribution in [0.25, 0.3) is 0 Å². The van der Waals surface area contributed by atoms with Gasteiger partial charge in [0.05, 0.1) is 12.2 Å². The van der Waals surface area contributed by atoms with E-state index in [1.54, 1.807) is 6.07 Å². The molecule has 1 aromatic rings. The maximum absolute atomic E-state index is 11.5. The first-order chi connectivity index (χ1) is 11.4. The zero-order valence-corrected chi connectivity index (χ0v) is 14.8. The SMILES string of the molecule is CCC(CC)C(=O)NNC(=O)c1ccco1.CCC(CC)C(=O)O. The van der Waals surface area contributed by atoms with Gasteiger partial charge in [-0.15, -0.1) is 0 Å². The number of rotatable bonds is 7. The van der Waals surface area contributed by atoms with Crippen LogP contribution in [0.15, 0.2) is 22.8 Å². The molecule has 7 nitrogen and oxygen atoms in total. The molecule has 0 aliphatic rings. The molecule has 0 aromatic carbocycles. The average Bonchev–Trinajstić information content (AvgIpc) is 3.09. The number of carboxylic acid groups (broad SMARTS) is 1. The molecule has 0 unspecified atom stereocenters. The summed E-state index contributed by atoms with van der Waals surface area (Å²) in [6.45, 7) is 7.65. The third kappa shape index (κ3) is 7.80. The zero-order chi connectivity index (χ0) is 18.5. The minimum Gasteiger partial charge on any atom is -0.481 e. The van der Waals surface area contributed by atoms with Crippen molar-refractivity contribution in [2.75, 3.05) is 0 Å². The molecule has 24 heavy (non-hydrogen) atoms. The van der Waals surface area contributed by atoms with Crippen LogP contribution >= 0.6 is 0 Å². The average molecular weight is 340 g/mol. The van der Waals surface area contributed by atoms with Gasteiger partial charge in [0.15, 0.2) is 5.76 Å². The number of hydrogen-bond acceptors (Lipinski definition) is 4. The summed E-state index contributed by atoms with van der Waals surface area (Å²) in [5.41, 5.74) is 4.68. The van der Waals surface area contributed by atoms with E-state index in [1.165, 1.54) is 12.3 Å². The molecule has 3 N–H and O–H groups in total. The number of carboxylic acids is 1. The van der Waals surface area contributed by atoms with E-state index in [-0.39, 0.29) is 23.5 Å². The van der Waals surface area contributed by atoms with Crippen LogP contribution in [0.2, 0.25) is 0 Å². The van der Waals surface area contributed by atoms with Crippen LogP contribution in [0.5, 0.6) is 0 Å². The van der Waals surface area contributed by atoms with E-state index in [0.717, 1.165) is 25.7 Å². The monoisotopic (exact) mass is 340 g/mol. The number of carbonyl (C=O) groups excluding carboxylic acids is 2. The first kappa shape index (κ1) is 21.7. The van der Waals surface area contributed by atoms with Crippen LogP contribution in [0, 0.1) is 11.8 Å². The lowest BCUT2D eigenvalue weighted by Crippen LogP contribution is -2.44. The summed E-state index contributed by atoms with van der Waals surface area (Å²) in [6.07, 6.45) is 4.38. The van der Waals surface area contributed by atoms with Gasteiger partial charge in [0.1, 0.15) is 0 Å². The smallest absolute Gasteiger partial charge is 0.306 e. The lowest BCUT2D eigenvalue weighted by atomic mass is 10.0. The lowest BCUT2D eigenvalue weighted by Gasteiger charge is -2.12. The number of aliphatic carboxylic acids is 1. The Morgan fingerprint density at radius 3 is 1.88 bits per heavy atom. The normalized spacial score (nSPS) is 10.1. The van der Waals surface area contributed by atoms with Crippen molar-refractivity contribution in [1.82, 2.24) is 10.9 Å². The van der Waals surface area contributed by atoms with Gasteiger partial charge in [-0.1, -0.05) is 27.7 Å². The Labute approximate surface area is 142 Å². The van der Waals surface area contributed by atoms with E-state index in [4.69, 9.17) is 9.52 Å². The van der Waals surface area contributed by atoms with E-state index >= 15 is 0 Å². The first-order valence-corrected chi connectivity index (χ1v) is 8.27. The van der Waals surface area contributed by atoms with Crippen LogP contribution in [0.3, 0.4) is 0 Å². The maximum Gasteiger partial charge on any atom is 0.306 e. The van der Waals surface area contributed by atoms with Crippen molar-refractivity contribution in [1.29, 1.82) is 0 Å². The number of carbonyl (C=O) groups is 3. The molecule has 2 amide bonds. The second-order valence-corrected chi connectivity index (χ2v) is 5.29. The third-order valence-corrected chi connectivity index (χ3v) is 3.74. The summed E-state index contributed by atoms with van der Waals surface area (Å²) in [5.74, 6) is -1.33. The van der Waals surface area contributed by atoms with Crippen molar-refractivity contribution in [2.45, 2.75) is 53.4 Å². The van der Waals surface area contributed by atoms with Gasteiger partial charge < -0.3 is 9.52 Å². The molecule has 0 saturated heterocycles. The number of hydrazine groups is 1. The van der Waals surface area contributed by atoms with Gasteiger partial charge in [-0.3, -0.25) is 25.2 Å². The molecule has 0 aliphatic heterocycles. The fourth-order valence-corrected chi connectivity index (χ4v) is 1.99. The molecule has 1 aromatic heterocycles. The molecule has 0 spiro atoms. The molecule has 0 aliphatic carbocycles. The minimum absolute atomic E-state index is 0.0723. The van der Waals surface area contributed by atoms with E-state index in [2.05, 4.69) is 10.9 Å². The van der Waals surface area contributed by atoms with Gasteiger partial charge in [0, 0.05) is 5.92 Å². The summed E-state index contributed by atoms with van der Waals surface area (Å²) >= 11 is 0. The maximum atomic E-state index is 11.5. The fourth-order valence-electron chi connectivity index (χ4n) is 1.99. The molecule has 0 atom stereocenters. The van der Waals surface area contributed by atoms with Crippen LogP contribution in [-0.4, -0.2) is 22.9 Å². The summed E-state index contributed by atoms with van der Waals surface area (Å²) < 4.78 is 4.88. The molecule has 0 radical (unpaired) electrons. The molecule has 0 bridgehead atoms.